The number of nitrogens with zero attached hydrogens (tertiary/aromatic N) is 2. The van der Waals surface area contributed by atoms with Gasteiger partial charge in [-0.15, -0.1) is 0 Å². The summed E-state index contributed by atoms with van der Waals surface area (Å²) in [6, 6.07) is 12.4. The molecule has 0 saturated carbocycles. The van der Waals surface area contributed by atoms with Gasteiger partial charge in [0.1, 0.15) is 0 Å². The third kappa shape index (κ3) is 3.95. The number of ether oxygens (including phenoxy) is 1. The lowest BCUT2D eigenvalue weighted by Crippen LogP contribution is -2.10. The number of cyclic esters (lactones) is 1. The Balaban J connectivity index is 1.89. The number of aryl methyl sites for hydroxylation is 1. The molecule has 1 heterocycles. The van der Waals surface area contributed by atoms with E-state index in [-0.39, 0.29) is 22.7 Å². The highest BCUT2D eigenvalue weighted by Crippen LogP contribution is 2.25. The number of nitro benzene ring substituents is 1. The predicted octanol–water partition coefficient (Wildman–Crippen LogP) is 4.55. The normalized spacial score (nSPS) is 15.6. The monoisotopic (exact) mass is 364 g/mol. The topological polar surface area (TPSA) is 81.8 Å². The molecule has 6 heteroatoms. The molecule has 0 fully saturated rings. The smallest absolute Gasteiger partial charge is 0.363 e. The summed E-state index contributed by atoms with van der Waals surface area (Å²) in [4.78, 5) is 26.9. The van der Waals surface area contributed by atoms with Crippen molar-refractivity contribution in [2.75, 3.05) is 0 Å². The first kappa shape index (κ1) is 18.5. The minimum atomic E-state index is -0.541. The first-order chi connectivity index (χ1) is 12.6. The first-order valence-corrected chi connectivity index (χ1v) is 8.54. The van der Waals surface area contributed by atoms with E-state index in [4.69, 9.17) is 4.74 Å². The second-order valence-electron chi connectivity index (χ2n) is 7.47. The van der Waals surface area contributed by atoms with Crippen LogP contribution in [0.1, 0.15) is 43.0 Å². The van der Waals surface area contributed by atoms with E-state index in [1.807, 2.05) is 24.3 Å². The largest absolute Gasteiger partial charge is 0.402 e. The number of benzene rings is 2. The van der Waals surface area contributed by atoms with Crippen molar-refractivity contribution >= 4 is 23.6 Å². The lowest BCUT2D eigenvalue weighted by molar-refractivity contribution is -0.385. The van der Waals surface area contributed by atoms with Gasteiger partial charge in [-0.1, -0.05) is 45.0 Å². The van der Waals surface area contributed by atoms with E-state index >= 15 is 0 Å². The van der Waals surface area contributed by atoms with Gasteiger partial charge in [-0.25, -0.2) is 9.79 Å². The van der Waals surface area contributed by atoms with Crippen molar-refractivity contribution in [3.8, 4) is 0 Å². The summed E-state index contributed by atoms with van der Waals surface area (Å²) in [6.07, 6.45) is 1.67. The van der Waals surface area contributed by atoms with Crippen LogP contribution in [0.25, 0.3) is 6.08 Å². The predicted molar refractivity (Wildman–Crippen MR) is 104 cm³/mol. The third-order valence-electron chi connectivity index (χ3n) is 4.34. The molecule has 0 aliphatic carbocycles. The average molecular weight is 364 g/mol. The van der Waals surface area contributed by atoms with E-state index < -0.39 is 10.9 Å². The summed E-state index contributed by atoms with van der Waals surface area (Å²) < 4.78 is 5.24. The van der Waals surface area contributed by atoms with Crippen LogP contribution in [0.4, 0.5) is 5.69 Å². The molecule has 138 valence electrons. The van der Waals surface area contributed by atoms with Crippen molar-refractivity contribution in [2.45, 2.75) is 33.1 Å². The number of hydrogen-bond donors (Lipinski definition) is 0. The van der Waals surface area contributed by atoms with Crippen molar-refractivity contribution in [3.05, 3.63) is 80.5 Å². The molecule has 0 saturated heterocycles. The van der Waals surface area contributed by atoms with Crippen LogP contribution in [0.2, 0.25) is 0 Å². The Labute approximate surface area is 157 Å². The molecule has 0 atom stereocenters. The lowest BCUT2D eigenvalue weighted by atomic mass is 9.87. The molecule has 1 aliphatic rings. The summed E-state index contributed by atoms with van der Waals surface area (Å²) in [5.74, 6) is -0.392. The maximum atomic E-state index is 12.1. The van der Waals surface area contributed by atoms with Crippen LogP contribution in [0, 0.1) is 17.0 Å². The Morgan fingerprint density at radius 2 is 1.78 bits per heavy atom. The van der Waals surface area contributed by atoms with Crippen LogP contribution >= 0.6 is 0 Å². The van der Waals surface area contributed by atoms with Gasteiger partial charge in [0.2, 0.25) is 5.90 Å². The van der Waals surface area contributed by atoms with E-state index in [0.29, 0.717) is 11.1 Å². The fourth-order valence-electron chi connectivity index (χ4n) is 2.76. The molecule has 6 nitrogen and oxygen atoms in total. The summed E-state index contributed by atoms with van der Waals surface area (Å²) in [5.41, 5.74) is 3.31. The van der Waals surface area contributed by atoms with Gasteiger partial charge < -0.3 is 4.74 Å². The number of carbonyl (C=O) groups excluding carboxylic acids is 1. The summed E-state index contributed by atoms with van der Waals surface area (Å²) in [7, 11) is 0. The molecule has 0 unspecified atom stereocenters. The van der Waals surface area contributed by atoms with Crippen LogP contribution in [0.15, 0.2) is 53.2 Å². The molecule has 1 aliphatic heterocycles. The standard InChI is InChI=1S/C21H20N2O4/c1-13-11-15(7-10-18(13)23(25)26)19-22-17(20(24)27-19)12-14-5-8-16(9-6-14)21(2,3)4/h5-12H,1-4H3/b17-12-. The molecule has 0 bridgehead atoms. The lowest BCUT2D eigenvalue weighted by Gasteiger charge is -2.18. The van der Waals surface area contributed by atoms with E-state index in [0.717, 1.165) is 5.56 Å². The van der Waals surface area contributed by atoms with Crippen LogP contribution in [-0.4, -0.2) is 16.8 Å². The average Bonchev–Trinajstić information content (AvgIpc) is 2.95. The fourth-order valence-corrected chi connectivity index (χ4v) is 2.76. The van der Waals surface area contributed by atoms with Crippen LogP contribution in [0.5, 0.6) is 0 Å². The number of nitro groups is 1. The fraction of sp³-hybridized carbons (Fsp3) is 0.238. The highest BCUT2D eigenvalue weighted by molar-refractivity contribution is 6.13. The Hall–Kier alpha value is -3.28. The van der Waals surface area contributed by atoms with Crippen molar-refractivity contribution in [1.29, 1.82) is 0 Å². The summed E-state index contributed by atoms with van der Waals surface area (Å²) in [5, 5.41) is 10.9. The molecule has 0 N–H and O–H groups in total. The highest BCUT2D eigenvalue weighted by Gasteiger charge is 2.25. The van der Waals surface area contributed by atoms with Crippen molar-refractivity contribution in [1.82, 2.24) is 0 Å². The molecule has 0 amide bonds. The zero-order valence-electron chi connectivity index (χ0n) is 15.6. The van der Waals surface area contributed by atoms with Gasteiger partial charge in [-0.2, -0.15) is 0 Å². The van der Waals surface area contributed by atoms with Gasteiger partial charge >= 0.3 is 5.97 Å². The summed E-state index contributed by atoms with van der Waals surface area (Å²) in [6.45, 7) is 8.04. The molecule has 2 aromatic carbocycles. The zero-order chi connectivity index (χ0) is 19.8. The van der Waals surface area contributed by atoms with E-state index in [2.05, 4.69) is 25.8 Å². The number of esters is 1. The molecular weight excluding hydrogens is 344 g/mol. The maximum Gasteiger partial charge on any atom is 0.363 e. The van der Waals surface area contributed by atoms with Gasteiger partial charge in [0.05, 0.1) is 4.92 Å². The quantitative estimate of drug-likeness (QED) is 0.346. The molecule has 3 rings (SSSR count). The zero-order valence-corrected chi connectivity index (χ0v) is 15.6. The first-order valence-electron chi connectivity index (χ1n) is 8.54. The number of aliphatic imine (C=N–C) groups is 1. The van der Waals surface area contributed by atoms with Crippen LogP contribution in [-0.2, 0) is 14.9 Å². The van der Waals surface area contributed by atoms with Crippen LogP contribution < -0.4 is 0 Å². The maximum absolute atomic E-state index is 12.1. The van der Waals surface area contributed by atoms with Gasteiger partial charge in [0, 0.05) is 17.2 Å². The number of hydrogen-bond acceptors (Lipinski definition) is 5. The Bertz CT molecular complexity index is 980. The van der Waals surface area contributed by atoms with E-state index in [1.54, 1.807) is 19.1 Å². The second-order valence-corrected chi connectivity index (χ2v) is 7.47. The minimum absolute atomic E-state index is 0.0124. The van der Waals surface area contributed by atoms with Crippen molar-refractivity contribution < 1.29 is 14.5 Å². The molecule has 2 aromatic rings. The highest BCUT2D eigenvalue weighted by atomic mass is 16.6. The Morgan fingerprint density at radius 1 is 1.11 bits per heavy atom. The van der Waals surface area contributed by atoms with Crippen LogP contribution in [0.3, 0.4) is 0 Å². The van der Waals surface area contributed by atoms with Gasteiger partial charge in [0.25, 0.3) is 5.69 Å². The summed E-state index contributed by atoms with van der Waals surface area (Å²) >= 11 is 0. The van der Waals surface area contributed by atoms with Gasteiger partial charge in [-0.3, -0.25) is 10.1 Å². The molecule has 0 radical (unpaired) electrons. The van der Waals surface area contributed by atoms with Gasteiger partial charge in [0.15, 0.2) is 5.70 Å². The van der Waals surface area contributed by atoms with E-state index in [1.165, 1.54) is 17.7 Å². The molecule has 0 aromatic heterocycles. The Morgan fingerprint density at radius 3 is 2.33 bits per heavy atom. The molecule has 27 heavy (non-hydrogen) atoms. The van der Waals surface area contributed by atoms with Crippen molar-refractivity contribution in [3.63, 3.8) is 0 Å². The number of carbonyl (C=O) groups is 1. The number of rotatable bonds is 3. The van der Waals surface area contributed by atoms with Gasteiger partial charge in [-0.05, 0) is 41.7 Å². The minimum Gasteiger partial charge on any atom is -0.402 e. The van der Waals surface area contributed by atoms with Crippen molar-refractivity contribution in [2.24, 2.45) is 4.99 Å². The van der Waals surface area contributed by atoms with E-state index in [9.17, 15) is 14.9 Å². The molecule has 0 spiro atoms. The molecular formula is C21H20N2O4. The SMILES string of the molecule is Cc1cc(C2=N/C(=C\c3ccc(C(C)(C)C)cc3)C(=O)O2)ccc1[N+](=O)[O-]. The third-order valence-corrected chi connectivity index (χ3v) is 4.34. The second kappa shape index (κ2) is 6.79. The Kier molecular flexibility index (Phi) is 4.66.